The Balaban J connectivity index is 1.57. The van der Waals surface area contributed by atoms with Crippen molar-refractivity contribution in [2.45, 2.75) is 44.3 Å². The number of likely N-dealkylation sites (tertiary alicyclic amines) is 2. The van der Waals surface area contributed by atoms with Gasteiger partial charge in [0.2, 0.25) is 5.91 Å². The number of nitrogens with zero attached hydrogens (tertiary/aromatic N) is 2. The molecule has 5 nitrogen and oxygen atoms in total. The number of piperidine rings is 2. The Hall–Kier alpha value is -1.51. The van der Waals surface area contributed by atoms with Gasteiger partial charge in [0.15, 0.2) is 0 Å². The fourth-order valence-electron chi connectivity index (χ4n) is 4.69. The molecule has 2 aliphatic rings. The highest BCUT2D eigenvalue weighted by Crippen LogP contribution is 2.38. The van der Waals surface area contributed by atoms with E-state index >= 15 is 0 Å². The van der Waals surface area contributed by atoms with Crippen molar-refractivity contribution in [3.8, 4) is 0 Å². The van der Waals surface area contributed by atoms with Gasteiger partial charge in [0, 0.05) is 13.1 Å². The normalized spacial score (nSPS) is 21.1. The van der Waals surface area contributed by atoms with Gasteiger partial charge < -0.3 is 21.3 Å². The van der Waals surface area contributed by atoms with Crippen LogP contribution in [-0.4, -0.2) is 55.0 Å². The van der Waals surface area contributed by atoms with Crippen LogP contribution in [0.5, 0.6) is 0 Å². The van der Waals surface area contributed by atoms with Crippen molar-refractivity contribution < 1.29 is 18.0 Å². The van der Waals surface area contributed by atoms with E-state index in [0.29, 0.717) is 24.9 Å². The minimum absolute atomic E-state index is 0.0171. The Morgan fingerprint density at radius 1 is 1.13 bits per heavy atom. The molecule has 2 saturated heterocycles. The lowest BCUT2D eigenvalue weighted by Crippen LogP contribution is -2.49. The van der Waals surface area contributed by atoms with Gasteiger partial charge in [-0.2, -0.15) is 13.2 Å². The zero-order valence-corrected chi connectivity index (χ0v) is 18.0. The quantitative estimate of drug-likeness (QED) is 0.695. The summed E-state index contributed by atoms with van der Waals surface area (Å²) in [5.41, 5.74) is 10.3. The van der Waals surface area contributed by atoms with E-state index in [-0.39, 0.29) is 22.9 Å². The number of carbonyl (C=O) groups is 1. The van der Waals surface area contributed by atoms with Crippen molar-refractivity contribution in [1.82, 2.24) is 9.80 Å². The SMILES string of the molecule is CN1CCC(C2CCN(C(=O)[C@H](N)Cc3cc(Cl)c(N)c(C(F)(F)F)c3)CC2)CC1. The first-order valence-corrected chi connectivity index (χ1v) is 10.8. The number of hydrogen-bond donors (Lipinski definition) is 2. The number of halogens is 4. The van der Waals surface area contributed by atoms with Gasteiger partial charge in [-0.3, -0.25) is 4.79 Å². The van der Waals surface area contributed by atoms with Gasteiger partial charge in [-0.25, -0.2) is 0 Å². The van der Waals surface area contributed by atoms with E-state index in [1.165, 1.54) is 18.9 Å². The lowest BCUT2D eigenvalue weighted by molar-refractivity contribution is -0.137. The van der Waals surface area contributed by atoms with Crippen LogP contribution in [-0.2, 0) is 17.4 Å². The van der Waals surface area contributed by atoms with Crippen LogP contribution >= 0.6 is 11.6 Å². The summed E-state index contributed by atoms with van der Waals surface area (Å²) in [6, 6.07) is 1.37. The molecular weight excluding hydrogens is 417 g/mol. The van der Waals surface area contributed by atoms with E-state index in [0.717, 1.165) is 32.0 Å². The van der Waals surface area contributed by atoms with Gasteiger partial charge in [-0.15, -0.1) is 0 Å². The van der Waals surface area contributed by atoms with Crippen LogP contribution < -0.4 is 11.5 Å². The van der Waals surface area contributed by atoms with E-state index in [1.54, 1.807) is 4.90 Å². The molecule has 168 valence electrons. The van der Waals surface area contributed by atoms with Crippen LogP contribution in [0.4, 0.5) is 18.9 Å². The van der Waals surface area contributed by atoms with E-state index in [1.807, 2.05) is 0 Å². The van der Waals surface area contributed by atoms with Gasteiger partial charge in [0.1, 0.15) is 0 Å². The van der Waals surface area contributed by atoms with Crippen LogP contribution in [0.3, 0.4) is 0 Å². The minimum atomic E-state index is -4.62. The molecule has 3 rings (SSSR count). The molecule has 9 heteroatoms. The van der Waals surface area contributed by atoms with E-state index in [4.69, 9.17) is 23.1 Å². The van der Waals surface area contributed by atoms with Crippen molar-refractivity contribution >= 4 is 23.2 Å². The minimum Gasteiger partial charge on any atom is -0.397 e. The molecule has 1 aromatic carbocycles. The molecule has 1 atom stereocenters. The summed E-state index contributed by atoms with van der Waals surface area (Å²) in [4.78, 5) is 16.9. The Morgan fingerprint density at radius 2 is 1.67 bits per heavy atom. The maximum Gasteiger partial charge on any atom is 0.418 e. The Bertz CT molecular complexity index is 757. The van der Waals surface area contributed by atoms with Gasteiger partial charge in [-0.1, -0.05) is 11.6 Å². The van der Waals surface area contributed by atoms with E-state index in [9.17, 15) is 18.0 Å². The standard InChI is InChI=1S/C21H30ClF3N4O/c1-28-6-2-14(3-7-28)15-4-8-29(9-5-15)20(30)18(26)12-13-10-16(21(23,24)25)19(27)17(22)11-13/h10-11,14-15,18H,2-9,12,26-27H2,1H3/t18-/m1/s1. The maximum atomic E-state index is 13.2. The van der Waals surface area contributed by atoms with Gasteiger partial charge in [-0.05, 0) is 81.8 Å². The second-order valence-corrected chi connectivity index (χ2v) is 9.06. The lowest BCUT2D eigenvalue weighted by Gasteiger charge is -2.40. The molecule has 30 heavy (non-hydrogen) atoms. The molecular formula is C21H30ClF3N4O. The van der Waals surface area contributed by atoms with Gasteiger partial charge in [0.25, 0.3) is 0 Å². The highest BCUT2D eigenvalue weighted by atomic mass is 35.5. The third-order valence-electron chi connectivity index (χ3n) is 6.55. The number of amides is 1. The molecule has 0 radical (unpaired) electrons. The van der Waals surface area contributed by atoms with Crippen LogP contribution in [0.2, 0.25) is 5.02 Å². The first kappa shape index (κ1) is 23.2. The monoisotopic (exact) mass is 446 g/mol. The molecule has 4 N–H and O–H groups in total. The fourth-order valence-corrected chi connectivity index (χ4v) is 4.94. The fraction of sp³-hybridized carbons (Fsp3) is 0.667. The lowest BCUT2D eigenvalue weighted by atomic mass is 9.79. The number of hydrogen-bond acceptors (Lipinski definition) is 4. The molecule has 2 heterocycles. The first-order valence-electron chi connectivity index (χ1n) is 10.4. The van der Waals surface area contributed by atoms with Crippen LogP contribution in [0.15, 0.2) is 12.1 Å². The average molecular weight is 447 g/mol. The highest BCUT2D eigenvalue weighted by molar-refractivity contribution is 6.33. The smallest absolute Gasteiger partial charge is 0.397 e. The number of benzene rings is 1. The number of nitrogens with two attached hydrogens (primary N) is 2. The summed E-state index contributed by atoms with van der Waals surface area (Å²) in [6.45, 7) is 3.55. The van der Waals surface area contributed by atoms with Crippen molar-refractivity contribution in [1.29, 1.82) is 0 Å². The van der Waals surface area contributed by atoms with Crippen molar-refractivity contribution in [2.75, 3.05) is 39.0 Å². The first-order chi connectivity index (χ1) is 14.1. The number of alkyl halides is 3. The van der Waals surface area contributed by atoms with E-state index in [2.05, 4.69) is 11.9 Å². The average Bonchev–Trinajstić information content (AvgIpc) is 2.70. The molecule has 0 saturated carbocycles. The molecule has 0 bridgehead atoms. The predicted molar refractivity (Wildman–Crippen MR) is 112 cm³/mol. The van der Waals surface area contributed by atoms with Crippen molar-refractivity contribution in [3.63, 3.8) is 0 Å². The Labute approximate surface area is 180 Å². The Kier molecular flexibility index (Phi) is 7.20. The topological polar surface area (TPSA) is 75.6 Å². The molecule has 0 aromatic heterocycles. The number of rotatable bonds is 4. The second kappa shape index (κ2) is 9.32. The van der Waals surface area contributed by atoms with Gasteiger partial charge >= 0.3 is 6.18 Å². The highest BCUT2D eigenvalue weighted by Gasteiger charge is 2.35. The number of anilines is 1. The van der Waals surface area contributed by atoms with Crippen LogP contribution in [0.25, 0.3) is 0 Å². The van der Waals surface area contributed by atoms with E-state index < -0.39 is 23.5 Å². The summed E-state index contributed by atoms with van der Waals surface area (Å²) < 4.78 is 39.5. The summed E-state index contributed by atoms with van der Waals surface area (Å²) in [5.74, 6) is 1.12. The molecule has 2 fully saturated rings. The zero-order chi connectivity index (χ0) is 22.1. The third-order valence-corrected chi connectivity index (χ3v) is 6.86. The van der Waals surface area contributed by atoms with Crippen LogP contribution in [0.1, 0.15) is 36.8 Å². The number of carbonyl (C=O) groups excluding carboxylic acids is 1. The largest absolute Gasteiger partial charge is 0.418 e. The summed E-state index contributed by atoms with van der Waals surface area (Å²) >= 11 is 5.87. The van der Waals surface area contributed by atoms with Gasteiger partial charge in [0.05, 0.1) is 22.3 Å². The van der Waals surface area contributed by atoms with Crippen LogP contribution in [0, 0.1) is 11.8 Å². The summed E-state index contributed by atoms with van der Waals surface area (Å²) in [6.07, 6.45) is -0.315. The third kappa shape index (κ3) is 5.39. The zero-order valence-electron chi connectivity index (χ0n) is 17.2. The maximum absolute atomic E-state index is 13.2. The molecule has 0 aliphatic carbocycles. The summed E-state index contributed by atoms with van der Waals surface area (Å²) in [7, 11) is 2.14. The van der Waals surface area contributed by atoms with Crippen molar-refractivity contribution in [3.05, 3.63) is 28.3 Å². The molecule has 1 amide bonds. The Morgan fingerprint density at radius 3 is 2.20 bits per heavy atom. The molecule has 2 aliphatic heterocycles. The molecule has 1 aromatic rings. The summed E-state index contributed by atoms with van der Waals surface area (Å²) in [5, 5.41) is -0.182. The molecule has 0 spiro atoms. The molecule has 0 unspecified atom stereocenters. The predicted octanol–water partition coefficient (Wildman–Crippen LogP) is 3.39. The second-order valence-electron chi connectivity index (χ2n) is 8.65. The number of nitrogen functional groups attached to an aromatic ring is 1. The van der Waals surface area contributed by atoms with Crippen molar-refractivity contribution in [2.24, 2.45) is 17.6 Å².